The number of aliphatic hydroxyl groups is 1. The summed E-state index contributed by atoms with van der Waals surface area (Å²) in [5.41, 5.74) is 6.45. The smallest absolute Gasteiger partial charge is 0.329 e. The van der Waals surface area contributed by atoms with Crippen LogP contribution in [-0.4, -0.2) is 105 Å². The number of para-hydroxylation sites is 1. The van der Waals surface area contributed by atoms with Crippen LogP contribution in [0.3, 0.4) is 0 Å². The van der Waals surface area contributed by atoms with Gasteiger partial charge in [-0.25, -0.2) is 14.6 Å². The van der Waals surface area contributed by atoms with Gasteiger partial charge in [0.1, 0.15) is 17.5 Å². The molecule has 3 aromatic rings. The van der Waals surface area contributed by atoms with E-state index >= 15 is 0 Å². The van der Waals surface area contributed by atoms with Crippen LogP contribution in [0.5, 0.6) is 0 Å². The molecule has 0 saturated carbocycles. The molecule has 7 N–H and O–H groups in total. The first kappa shape index (κ1) is 35.9. The second kappa shape index (κ2) is 15.8. The quantitative estimate of drug-likeness (QED) is 0.114. The van der Waals surface area contributed by atoms with Gasteiger partial charge in [0.15, 0.2) is 0 Å². The predicted molar refractivity (Wildman–Crippen MR) is 181 cm³/mol. The number of aromatic amines is 2. The number of aromatic nitrogens is 3. The number of hydrogen-bond donors (Lipinski definition) is 6. The zero-order valence-electron chi connectivity index (χ0n) is 28.4. The Kier molecular flexibility index (Phi) is 12.0. The Morgan fingerprint density at radius 3 is 2.47 bits per heavy atom. The van der Waals surface area contributed by atoms with Crippen molar-refractivity contribution in [3.8, 4) is 0 Å². The van der Waals surface area contributed by atoms with E-state index < -0.39 is 29.1 Å². The Bertz CT molecular complexity index is 1480. The van der Waals surface area contributed by atoms with E-state index in [9.17, 15) is 19.5 Å². The molecule has 258 valence electrons. The summed E-state index contributed by atoms with van der Waals surface area (Å²) in [6.45, 7) is 12.6. The van der Waals surface area contributed by atoms with E-state index in [0.717, 1.165) is 22.9 Å². The van der Waals surface area contributed by atoms with Crippen LogP contribution in [0.1, 0.15) is 77.0 Å². The highest BCUT2D eigenvalue weighted by atomic mass is 16.6. The molecule has 1 aliphatic heterocycles. The number of hydrogen-bond acceptors (Lipinski definition) is 8. The van der Waals surface area contributed by atoms with Gasteiger partial charge in [-0.3, -0.25) is 9.69 Å². The maximum atomic E-state index is 13.7. The number of esters is 1. The number of piperazine rings is 1. The molecule has 2 aromatic heterocycles. The average Bonchev–Trinajstić information content (AvgIpc) is 3.68. The van der Waals surface area contributed by atoms with Gasteiger partial charge in [-0.05, 0) is 72.1 Å². The molecule has 2 atom stereocenters. The molecular weight excluding hydrogens is 600 g/mol. The van der Waals surface area contributed by atoms with Crippen LogP contribution >= 0.6 is 0 Å². The summed E-state index contributed by atoms with van der Waals surface area (Å²) in [6.07, 6.45) is 5.83. The minimum atomic E-state index is -1.09. The Morgan fingerprint density at radius 2 is 1.79 bits per heavy atom. The number of aliphatic hydroxyl groups excluding tert-OH is 1. The van der Waals surface area contributed by atoms with Gasteiger partial charge in [0.05, 0.1) is 18.1 Å². The first-order valence-corrected chi connectivity index (χ1v) is 16.5. The highest BCUT2D eigenvalue weighted by molar-refractivity contribution is 5.91. The number of carbonyl (C=O) groups excluding carboxylic acids is 3. The second-order valence-corrected chi connectivity index (χ2v) is 13.8. The van der Waals surface area contributed by atoms with Crippen molar-refractivity contribution in [2.75, 3.05) is 45.9 Å². The van der Waals surface area contributed by atoms with Crippen molar-refractivity contribution in [3.63, 3.8) is 0 Å². The lowest BCUT2D eigenvalue weighted by Gasteiger charge is -2.35. The fraction of sp³-hybridized carbons (Fsp3) is 0.588. The van der Waals surface area contributed by atoms with E-state index in [1.165, 1.54) is 0 Å². The number of imidazole rings is 1. The Balaban J connectivity index is 1.54. The molecule has 3 heterocycles. The first-order valence-electron chi connectivity index (χ1n) is 16.5. The van der Waals surface area contributed by atoms with E-state index in [2.05, 4.69) is 30.5 Å². The highest BCUT2D eigenvalue weighted by Crippen LogP contribution is 2.27. The topological polar surface area (TPSA) is 182 Å². The molecule has 0 spiro atoms. The molecule has 1 fully saturated rings. The summed E-state index contributed by atoms with van der Waals surface area (Å²) in [5, 5.41) is 16.4. The molecule has 47 heavy (non-hydrogen) atoms. The number of nitrogens with two attached hydrogens (primary N) is 1. The number of ether oxygens (including phenoxy) is 1. The zero-order chi connectivity index (χ0) is 34.2. The number of rotatable bonds is 14. The SMILES string of the molecule is CC(C)(C)OC(=O)[C@@H](CCCCN)NC(=O)C(C)(C)c1cnc([C@@H](Cc2c[nH]c3ccccc23)NC(=O)N2CCN(CCO)CC2)[nH]1. The van der Waals surface area contributed by atoms with Crippen molar-refractivity contribution in [2.24, 2.45) is 5.73 Å². The van der Waals surface area contributed by atoms with Gasteiger partial charge in [0, 0.05) is 68.1 Å². The van der Waals surface area contributed by atoms with Gasteiger partial charge in [-0.2, -0.15) is 0 Å². The molecule has 1 aliphatic rings. The van der Waals surface area contributed by atoms with Crippen molar-refractivity contribution < 1.29 is 24.2 Å². The minimum absolute atomic E-state index is 0.0873. The van der Waals surface area contributed by atoms with Gasteiger partial charge in [0.25, 0.3) is 0 Å². The third kappa shape index (κ3) is 9.55. The monoisotopic (exact) mass is 652 g/mol. The summed E-state index contributed by atoms with van der Waals surface area (Å²) in [7, 11) is 0. The number of amides is 3. The van der Waals surface area contributed by atoms with Crippen molar-refractivity contribution in [1.29, 1.82) is 0 Å². The Morgan fingerprint density at radius 1 is 1.06 bits per heavy atom. The molecule has 4 rings (SSSR count). The van der Waals surface area contributed by atoms with Crippen LogP contribution < -0.4 is 16.4 Å². The van der Waals surface area contributed by atoms with Crippen LogP contribution in [0.25, 0.3) is 10.9 Å². The molecule has 0 radical (unpaired) electrons. The summed E-state index contributed by atoms with van der Waals surface area (Å²) in [6, 6.07) is 6.45. The fourth-order valence-corrected chi connectivity index (χ4v) is 5.70. The lowest BCUT2D eigenvalue weighted by atomic mass is 9.88. The standard InChI is InChI=1S/C34H52N8O5/c1-33(2,3)47-30(44)26(12-8-9-13-35)38-31(45)34(4,5)28-22-37-29(40-28)27(20-23-21-36-25-11-7-6-10-24(23)25)39-32(46)42-16-14-41(15-17-42)18-19-43/h6-7,10-11,21-22,26-27,36,43H,8-9,12-20,35H2,1-5H3,(H,37,40)(H,38,45)(H,39,46)/t26-,27-/m1/s1. The van der Waals surface area contributed by atoms with E-state index in [0.29, 0.717) is 70.0 Å². The van der Waals surface area contributed by atoms with Crippen molar-refractivity contribution in [2.45, 2.75) is 83.4 Å². The van der Waals surface area contributed by atoms with Crippen LogP contribution in [0.4, 0.5) is 4.79 Å². The molecule has 0 aliphatic carbocycles. The third-order valence-electron chi connectivity index (χ3n) is 8.58. The van der Waals surface area contributed by atoms with Crippen molar-refractivity contribution >= 4 is 28.8 Å². The number of urea groups is 1. The Hall–Kier alpha value is -3.94. The normalized spacial score (nSPS) is 15.8. The maximum Gasteiger partial charge on any atom is 0.329 e. The molecule has 0 bridgehead atoms. The lowest BCUT2D eigenvalue weighted by molar-refractivity contribution is -0.159. The number of carbonyl (C=O) groups is 3. The number of H-pyrrole nitrogens is 2. The second-order valence-electron chi connectivity index (χ2n) is 13.8. The van der Waals surface area contributed by atoms with Crippen molar-refractivity contribution in [3.05, 3.63) is 53.7 Å². The molecule has 13 heteroatoms. The van der Waals surface area contributed by atoms with Gasteiger partial charge >= 0.3 is 12.0 Å². The molecule has 13 nitrogen and oxygen atoms in total. The largest absolute Gasteiger partial charge is 0.458 e. The van der Waals surface area contributed by atoms with E-state index in [1.54, 1.807) is 45.7 Å². The number of unbranched alkanes of at least 4 members (excludes halogenated alkanes) is 1. The molecule has 1 saturated heterocycles. The van der Waals surface area contributed by atoms with E-state index in [1.807, 2.05) is 30.5 Å². The maximum absolute atomic E-state index is 13.7. The fourth-order valence-electron chi connectivity index (χ4n) is 5.70. The van der Waals surface area contributed by atoms with E-state index in [4.69, 9.17) is 10.5 Å². The van der Waals surface area contributed by atoms with Gasteiger partial charge in [0.2, 0.25) is 5.91 Å². The average molecular weight is 653 g/mol. The van der Waals surface area contributed by atoms with Crippen LogP contribution in [0, 0.1) is 0 Å². The minimum Gasteiger partial charge on any atom is -0.458 e. The third-order valence-corrected chi connectivity index (χ3v) is 8.58. The van der Waals surface area contributed by atoms with Gasteiger partial charge in [-0.15, -0.1) is 0 Å². The van der Waals surface area contributed by atoms with Gasteiger partial charge < -0.3 is 41.1 Å². The highest BCUT2D eigenvalue weighted by Gasteiger charge is 2.36. The summed E-state index contributed by atoms with van der Waals surface area (Å²) < 4.78 is 5.61. The predicted octanol–water partition coefficient (Wildman–Crippen LogP) is 2.73. The number of β-amino-alcohol motifs (C(OH)–C–C–N with tert-alkyl or cyclic N) is 1. The molecule has 3 amide bonds. The number of nitrogens with zero attached hydrogens (tertiary/aromatic N) is 3. The number of nitrogens with one attached hydrogen (secondary N) is 4. The van der Waals surface area contributed by atoms with Crippen LogP contribution in [0.2, 0.25) is 0 Å². The summed E-state index contributed by atoms with van der Waals surface area (Å²) in [5.74, 6) is -0.318. The summed E-state index contributed by atoms with van der Waals surface area (Å²) in [4.78, 5) is 55.5. The lowest BCUT2D eigenvalue weighted by Crippen LogP contribution is -2.52. The molecular formula is C34H52N8O5. The van der Waals surface area contributed by atoms with Crippen molar-refractivity contribution in [1.82, 2.24) is 35.4 Å². The molecule has 1 aromatic carbocycles. The molecule has 0 unspecified atom stereocenters. The first-order chi connectivity index (χ1) is 22.3. The van der Waals surface area contributed by atoms with Crippen LogP contribution in [-0.2, 0) is 26.2 Å². The van der Waals surface area contributed by atoms with Crippen LogP contribution in [0.15, 0.2) is 36.7 Å². The number of fused-ring (bicyclic) bond motifs is 1. The number of benzene rings is 1. The summed E-state index contributed by atoms with van der Waals surface area (Å²) >= 11 is 0. The van der Waals surface area contributed by atoms with E-state index in [-0.39, 0.29) is 18.5 Å². The zero-order valence-corrected chi connectivity index (χ0v) is 28.4. The van der Waals surface area contributed by atoms with Gasteiger partial charge in [-0.1, -0.05) is 18.2 Å². The Labute approximate surface area is 277 Å².